The number of rotatable bonds is 8. The highest BCUT2D eigenvalue weighted by molar-refractivity contribution is 7.10. The van der Waals surface area contributed by atoms with Crippen LogP contribution < -0.4 is 0 Å². The van der Waals surface area contributed by atoms with Crippen molar-refractivity contribution in [3.8, 4) is 0 Å². The molecule has 0 aromatic carbocycles. The fourth-order valence-electron chi connectivity index (χ4n) is 1.94. The minimum absolute atomic E-state index is 0.774. The molecule has 0 amide bonds. The number of hydrogen-bond acceptors (Lipinski definition) is 1. The minimum Gasteiger partial charge on any atom is -0.149 e. The quantitative estimate of drug-likeness (QED) is 0.504. The third kappa shape index (κ3) is 5.36. The van der Waals surface area contributed by atoms with Gasteiger partial charge < -0.3 is 0 Å². The summed E-state index contributed by atoms with van der Waals surface area (Å²) in [4.78, 5) is 1.56. The van der Waals surface area contributed by atoms with Crippen molar-refractivity contribution in [3.05, 3.63) is 22.4 Å². The maximum absolute atomic E-state index is 2.36. The Morgan fingerprint density at radius 2 is 1.87 bits per heavy atom. The van der Waals surface area contributed by atoms with Crippen LogP contribution in [0.1, 0.15) is 69.6 Å². The molecule has 0 N–H and O–H groups in total. The fraction of sp³-hybridized carbons (Fsp3) is 0.714. The zero-order chi connectivity index (χ0) is 10.9. The van der Waals surface area contributed by atoms with Gasteiger partial charge in [0.15, 0.2) is 0 Å². The van der Waals surface area contributed by atoms with E-state index < -0.39 is 0 Å². The average Bonchev–Trinajstić information content (AvgIpc) is 2.76. The lowest BCUT2D eigenvalue weighted by molar-refractivity contribution is 0.560. The van der Waals surface area contributed by atoms with E-state index in [1.807, 2.05) is 11.3 Å². The van der Waals surface area contributed by atoms with Crippen molar-refractivity contribution in [3.63, 3.8) is 0 Å². The van der Waals surface area contributed by atoms with E-state index in [0.717, 1.165) is 5.92 Å². The molecule has 1 atom stereocenters. The average molecular weight is 224 g/mol. The second-order valence-electron chi connectivity index (χ2n) is 4.47. The Kier molecular flexibility index (Phi) is 6.74. The lowest BCUT2D eigenvalue weighted by Crippen LogP contribution is -1.90. The first-order chi connectivity index (χ1) is 7.34. The Labute approximate surface area is 98.7 Å². The molecule has 0 aliphatic carbocycles. The van der Waals surface area contributed by atoms with Crippen LogP contribution >= 0.6 is 11.3 Å². The number of thiophene rings is 1. The molecule has 86 valence electrons. The zero-order valence-corrected chi connectivity index (χ0v) is 11.0. The van der Waals surface area contributed by atoms with Crippen LogP contribution in [0.5, 0.6) is 0 Å². The third-order valence-corrected chi connectivity index (χ3v) is 4.12. The number of hydrogen-bond donors (Lipinski definition) is 0. The van der Waals surface area contributed by atoms with E-state index in [0.29, 0.717) is 0 Å². The van der Waals surface area contributed by atoms with Crippen LogP contribution in [0, 0.1) is 0 Å². The highest BCUT2D eigenvalue weighted by Gasteiger charge is 2.05. The van der Waals surface area contributed by atoms with Crippen molar-refractivity contribution in [1.82, 2.24) is 0 Å². The summed E-state index contributed by atoms with van der Waals surface area (Å²) in [5, 5.41) is 2.19. The van der Waals surface area contributed by atoms with Crippen molar-refractivity contribution in [2.45, 2.75) is 64.7 Å². The molecular weight excluding hydrogens is 200 g/mol. The van der Waals surface area contributed by atoms with E-state index in [9.17, 15) is 0 Å². The van der Waals surface area contributed by atoms with Gasteiger partial charge in [0.05, 0.1) is 0 Å². The summed E-state index contributed by atoms with van der Waals surface area (Å²) < 4.78 is 0. The van der Waals surface area contributed by atoms with E-state index in [-0.39, 0.29) is 0 Å². The summed E-state index contributed by atoms with van der Waals surface area (Å²) >= 11 is 1.90. The summed E-state index contributed by atoms with van der Waals surface area (Å²) in [7, 11) is 0. The molecule has 0 radical (unpaired) electrons. The van der Waals surface area contributed by atoms with Crippen LogP contribution in [0.25, 0.3) is 0 Å². The maximum Gasteiger partial charge on any atom is 0.00734 e. The van der Waals surface area contributed by atoms with Crippen molar-refractivity contribution >= 4 is 11.3 Å². The van der Waals surface area contributed by atoms with Gasteiger partial charge in [0.1, 0.15) is 0 Å². The Balaban J connectivity index is 2.00. The first kappa shape index (κ1) is 12.8. The van der Waals surface area contributed by atoms with Crippen molar-refractivity contribution in [1.29, 1.82) is 0 Å². The lowest BCUT2D eigenvalue weighted by atomic mass is 10.0. The molecule has 1 aromatic heterocycles. The SMILES string of the molecule is CCCCCCCCC(C)c1cccs1. The first-order valence-electron chi connectivity index (χ1n) is 6.38. The highest BCUT2D eigenvalue weighted by Crippen LogP contribution is 2.25. The summed E-state index contributed by atoms with van der Waals surface area (Å²) in [6.45, 7) is 4.64. The smallest absolute Gasteiger partial charge is 0.00734 e. The maximum atomic E-state index is 2.36. The minimum atomic E-state index is 0.774. The van der Waals surface area contributed by atoms with Gasteiger partial charge >= 0.3 is 0 Å². The molecule has 0 saturated heterocycles. The van der Waals surface area contributed by atoms with Gasteiger partial charge in [-0.3, -0.25) is 0 Å². The monoisotopic (exact) mass is 224 g/mol. The Morgan fingerprint density at radius 3 is 2.53 bits per heavy atom. The van der Waals surface area contributed by atoms with E-state index in [1.165, 1.54) is 44.9 Å². The largest absolute Gasteiger partial charge is 0.149 e. The zero-order valence-electron chi connectivity index (χ0n) is 10.2. The molecule has 0 saturated carbocycles. The van der Waals surface area contributed by atoms with Crippen LogP contribution in [0.2, 0.25) is 0 Å². The topological polar surface area (TPSA) is 0 Å². The molecule has 0 fully saturated rings. The van der Waals surface area contributed by atoms with Crippen molar-refractivity contribution in [2.75, 3.05) is 0 Å². The molecule has 1 rings (SSSR count). The highest BCUT2D eigenvalue weighted by atomic mass is 32.1. The molecule has 1 heteroatoms. The molecule has 0 aliphatic heterocycles. The van der Waals surface area contributed by atoms with Crippen LogP contribution in [0.3, 0.4) is 0 Å². The van der Waals surface area contributed by atoms with Gasteiger partial charge in [-0.25, -0.2) is 0 Å². The number of unbranched alkanes of at least 4 members (excludes halogenated alkanes) is 5. The predicted octanol–water partition coefficient (Wildman–Crippen LogP) is 5.60. The normalized spacial score (nSPS) is 12.9. The van der Waals surface area contributed by atoms with Crippen LogP contribution in [-0.2, 0) is 0 Å². The molecule has 0 spiro atoms. The molecule has 0 nitrogen and oxygen atoms in total. The summed E-state index contributed by atoms with van der Waals surface area (Å²) in [5.74, 6) is 0.774. The molecule has 15 heavy (non-hydrogen) atoms. The van der Waals surface area contributed by atoms with Crippen LogP contribution in [0.4, 0.5) is 0 Å². The second kappa shape index (κ2) is 7.92. The molecule has 1 heterocycles. The molecule has 0 aliphatic rings. The van der Waals surface area contributed by atoms with E-state index >= 15 is 0 Å². The Morgan fingerprint density at radius 1 is 1.13 bits per heavy atom. The van der Waals surface area contributed by atoms with Gasteiger partial charge in [0.2, 0.25) is 0 Å². The fourth-order valence-corrected chi connectivity index (χ4v) is 2.77. The second-order valence-corrected chi connectivity index (χ2v) is 5.45. The molecule has 0 bridgehead atoms. The first-order valence-corrected chi connectivity index (χ1v) is 7.26. The van der Waals surface area contributed by atoms with Crippen LogP contribution in [0.15, 0.2) is 17.5 Å². The molecule has 1 unspecified atom stereocenters. The van der Waals surface area contributed by atoms with Crippen LogP contribution in [-0.4, -0.2) is 0 Å². The molecule has 1 aromatic rings. The standard InChI is InChI=1S/C14H24S/c1-3-4-5-6-7-8-10-13(2)14-11-9-12-15-14/h9,11-13H,3-8,10H2,1-2H3. The lowest BCUT2D eigenvalue weighted by Gasteiger charge is -2.08. The van der Waals surface area contributed by atoms with Gasteiger partial charge in [-0.05, 0) is 23.8 Å². The predicted molar refractivity (Wildman–Crippen MR) is 70.7 cm³/mol. The van der Waals surface area contributed by atoms with Crippen molar-refractivity contribution in [2.24, 2.45) is 0 Å². The van der Waals surface area contributed by atoms with Gasteiger partial charge in [-0.2, -0.15) is 0 Å². The van der Waals surface area contributed by atoms with Gasteiger partial charge in [0.25, 0.3) is 0 Å². The Hall–Kier alpha value is -0.300. The third-order valence-electron chi connectivity index (χ3n) is 3.02. The van der Waals surface area contributed by atoms with Crippen molar-refractivity contribution < 1.29 is 0 Å². The molecular formula is C14H24S. The van der Waals surface area contributed by atoms with Gasteiger partial charge in [-0.1, -0.05) is 58.4 Å². The van der Waals surface area contributed by atoms with E-state index in [1.54, 1.807) is 4.88 Å². The summed E-state index contributed by atoms with van der Waals surface area (Å²) in [6, 6.07) is 4.43. The van der Waals surface area contributed by atoms with E-state index in [4.69, 9.17) is 0 Å². The van der Waals surface area contributed by atoms with Gasteiger partial charge in [0, 0.05) is 4.88 Å². The summed E-state index contributed by atoms with van der Waals surface area (Å²) in [6.07, 6.45) is 9.84. The van der Waals surface area contributed by atoms with Gasteiger partial charge in [-0.15, -0.1) is 11.3 Å². The van der Waals surface area contributed by atoms with E-state index in [2.05, 4.69) is 31.4 Å². The summed E-state index contributed by atoms with van der Waals surface area (Å²) in [5.41, 5.74) is 0. The Bertz CT molecular complexity index is 225.